The fraction of sp³-hybridized carbons (Fsp3) is 0.154. The molecule has 31 heavy (non-hydrogen) atoms. The second-order valence-electron chi connectivity index (χ2n) is 7.50. The summed E-state index contributed by atoms with van der Waals surface area (Å²) < 4.78 is 4.86. The zero-order valence-corrected chi connectivity index (χ0v) is 17.7. The van der Waals surface area contributed by atoms with Crippen molar-refractivity contribution in [3.63, 3.8) is 0 Å². The van der Waals surface area contributed by atoms with Gasteiger partial charge in [-0.05, 0) is 30.5 Å². The molecule has 0 radical (unpaired) electrons. The Labute approximate surface area is 181 Å². The predicted octanol–water partition coefficient (Wildman–Crippen LogP) is 4.92. The first kappa shape index (κ1) is 20.4. The molecule has 1 aliphatic rings. The number of ketones is 1. The highest BCUT2D eigenvalue weighted by atomic mass is 16.5. The summed E-state index contributed by atoms with van der Waals surface area (Å²) in [5.74, 6) is -0.865. The van der Waals surface area contributed by atoms with Crippen LogP contribution in [0.15, 0.2) is 76.9 Å². The van der Waals surface area contributed by atoms with E-state index in [1.807, 2.05) is 74.5 Å². The zero-order valence-electron chi connectivity index (χ0n) is 17.7. The maximum absolute atomic E-state index is 12.9. The van der Waals surface area contributed by atoms with Crippen molar-refractivity contribution in [2.45, 2.75) is 20.3 Å². The van der Waals surface area contributed by atoms with E-state index in [4.69, 9.17) is 4.74 Å². The van der Waals surface area contributed by atoms with Gasteiger partial charge in [0.2, 0.25) is 0 Å². The van der Waals surface area contributed by atoms with Crippen molar-refractivity contribution in [1.29, 1.82) is 0 Å². The van der Waals surface area contributed by atoms with Crippen molar-refractivity contribution < 1.29 is 14.3 Å². The van der Waals surface area contributed by atoms with Gasteiger partial charge in [-0.15, -0.1) is 10.2 Å². The zero-order chi connectivity index (χ0) is 22.0. The van der Waals surface area contributed by atoms with Gasteiger partial charge in [-0.25, -0.2) is 4.79 Å². The van der Waals surface area contributed by atoms with Crippen molar-refractivity contribution in [3.8, 4) is 11.1 Å². The van der Waals surface area contributed by atoms with Gasteiger partial charge in [0.05, 0.1) is 13.5 Å². The summed E-state index contributed by atoms with van der Waals surface area (Å²) in [6, 6.07) is 21.4. The van der Waals surface area contributed by atoms with Crippen LogP contribution in [0.5, 0.6) is 0 Å². The van der Waals surface area contributed by atoms with E-state index in [-0.39, 0.29) is 17.9 Å². The van der Waals surface area contributed by atoms with Crippen LogP contribution in [0, 0.1) is 13.8 Å². The first-order valence-electron chi connectivity index (χ1n) is 10.0. The summed E-state index contributed by atoms with van der Waals surface area (Å²) >= 11 is 0. The van der Waals surface area contributed by atoms with Crippen LogP contribution >= 0.6 is 0 Å². The normalized spacial score (nSPS) is 12.2. The van der Waals surface area contributed by atoms with E-state index in [0.717, 1.165) is 33.4 Å². The summed E-state index contributed by atoms with van der Waals surface area (Å²) in [5, 5.41) is 8.61. The van der Waals surface area contributed by atoms with Gasteiger partial charge in [-0.3, -0.25) is 4.79 Å². The number of aryl methyl sites for hydroxylation is 2. The number of benzene rings is 3. The number of rotatable bonds is 5. The lowest BCUT2D eigenvalue weighted by atomic mass is 9.99. The second kappa shape index (κ2) is 8.48. The lowest BCUT2D eigenvalue weighted by Gasteiger charge is -2.07. The number of hydrogen-bond acceptors (Lipinski definition) is 5. The molecule has 3 aromatic carbocycles. The summed E-state index contributed by atoms with van der Waals surface area (Å²) in [6.45, 7) is 3.85. The molecule has 5 nitrogen and oxygen atoms in total. The van der Waals surface area contributed by atoms with Gasteiger partial charge in [-0.2, -0.15) is 0 Å². The number of esters is 1. The highest BCUT2D eigenvalue weighted by Gasteiger charge is 2.25. The summed E-state index contributed by atoms with van der Waals surface area (Å²) in [6.07, 6.45) is -0.184. The lowest BCUT2D eigenvalue weighted by Crippen LogP contribution is -2.20. The molecule has 3 aromatic rings. The Morgan fingerprint density at radius 1 is 0.839 bits per heavy atom. The third-order valence-corrected chi connectivity index (χ3v) is 5.36. The number of nitrogens with zero attached hydrogens (tertiary/aromatic N) is 2. The average Bonchev–Trinajstić information content (AvgIpc) is 3.09. The molecule has 0 amide bonds. The number of methoxy groups -OCH3 is 1. The van der Waals surface area contributed by atoms with Crippen LogP contribution in [0.3, 0.4) is 0 Å². The Bertz CT molecular complexity index is 1210. The molecule has 1 aliphatic carbocycles. The lowest BCUT2D eigenvalue weighted by molar-refractivity contribution is -0.132. The van der Waals surface area contributed by atoms with Crippen LogP contribution in [0.25, 0.3) is 11.1 Å². The first-order chi connectivity index (χ1) is 15.0. The van der Waals surface area contributed by atoms with E-state index < -0.39 is 5.97 Å². The third kappa shape index (κ3) is 3.94. The van der Waals surface area contributed by atoms with Gasteiger partial charge in [0, 0.05) is 16.7 Å². The molecule has 0 N–H and O–H groups in total. The summed E-state index contributed by atoms with van der Waals surface area (Å²) in [7, 11) is 1.27. The molecule has 0 saturated heterocycles. The number of Topliss-reactive ketones (excluding diaryl/α,β-unsaturated/α-hetero) is 1. The van der Waals surface area contributed by atoms with Crippen LogP contribution in [0.1, 0.15) is 39.0 Å². The quantitative estimate of drug-likeness (QED) is 0.203. The van der Waals surface area contributed by atoms with Gasteiger partial charge >= 0.3 is 5.97 Å². The fourth-order valence-corrected chi connectivity index (χ4v) is 3.85. The van der Waals surface area contributed by atoms with Crippen molar-refractivity contribution in [1.82, 2.24) is 0 Å². The van der Waals surface area contributed by atoms with E-state index in [1.165, 1.54) is 7.11 Å². The number of carbonyl (C=O) groups is 2. The van der Waals surface area contributed by atoms with E-state index >= 15 is 0 Å². The molecule has 0 heterocycles. The predicted molar refractivity (Wildman–Crippen MR) is 122 cm³/mol. The third-order valence-electron chi connectivity index (χ3n) is 5.36. The van der Waals surface area contributed by atoms with Crippen LogP contribution in [0.2, 0.25) is 0 Å². The van der Waals surface area contributed by atoms with Gasteiger partial charge in [0.25, 0.3) is 0 Å². The first-order valence-corrected chi connectivity index (χ1v) is 10.0. The molecule has 0 spiro atoms. The van der Waals surface area contributed by atoms with Crippen LogP contribution in [-0.4, -0.2) is 30.3 Å². The minimum atomic E-state index is -0.665. The highest BCUT2D eigenvalue weighted by Crippen LogP contribution is 2.36. The second-order valence-corrected chi connectivity index (χ2v) is 7.50. The Balaban J connectivity index is 1.72. The average molecular weight is 410 g/mol. The Morgan fingerprint density at radius 3 is 1.97 bits per heavy atom. The smallest absolute Gasteiger partial charge is 0.354 e. The van der Waals surface area contributed by atoms with Gasteiger partial charge in [0.15, 0.2) is 11.5 Å². The molecule has 0 aromatic heterocycles. The molecule has 5 heteroatoms. The van der Waals surface area contributed by atoms with Gasteiger partial charge in [-0.1, -0.05) is 72.3 Å². The standard InChI is InChI=1S/C26H22N2O3/c1-16-12-13-18(17(2)14-16)24(29)15-23(26(30)31-3)27-28-25-21-10-6-4-8-19(21)20-9-5-7-11-22(20)25/h4-14H,15H2,1-3H3. The number of carbonyl (C=O) groups excluding carboxylic acids is 2. The van der Waals surface area contributed by atoms with E-state index in [2.05, 4.69) is 10.2 Å². The Morgan fingerprint density at radius 2 is 1.42 bits per heavy atom. The van der Waals surface area contributed by atoms with E-state index in [1.54, 1.807) is 6.07 Å². The Kier molecular flexibility index (Phi) is 5.58. The maximum Gasteiger partial charge on any atom is 0.354 e. The fourth-order valence-electron chi connectivity index (χ4n) is 3.85. The van der Waals surface area contributed by atoms with Crippen LogP contribution in [0.4, 0.5) is 0 Å². The van der Waals surface area contributed by atoms with E-state index in [0.29, 0.717) is 11.3 Å². The topological polar surface area (TPSA) is 68.1 Å². The maximum atomic E-state index is 12.9. The van der Waals surface area contributed by atoms with Gasteiger partial charge < -0.3 is 4.74 Å². The molecule has 0 saturated carbocycles. The van der Waals surface area contributed by atoms with Gasteiger partial charge in [0.1, 0.15) is 5.71 Å². The van der Waals surface area contributed by atoms with E-state index in [9.17, 15) is 9.59 Å². The summed E-state index contributed by atoms with van der Waals surface area (Å²) in [4.78, 5) is 25.2. The molecule has 154 valence electrons. The monoisotopic (exact) mass is 410 g/mol. The SMILES string of the molecule is COC(=O)C(CC(=O)c1ccc(C)cc1C)=NN=C1c2ccccc2-c2ccccc21. The largest absolute Gasteiger partial charge is 0.464 e. The highest BCUT2D eigenvalue weighted by molar-refractivity contribution is 6.41. The number of ether oxygens (including phenoxy) is 1. The van der Waals surface area contributed by atoms with Crippen molar-refractivity contribution in [2.24, 2.45) is 10.2 Å². The molecule has 0 aliphatic heterocycles. The van der Waals surface area contributed by atoms with Crippen molar-refractivity contribution in [3.05, 3.63) is 94.5 Å². The molecule has 0 bridgehead atoms. The molecular formula is C26H22N2O3. The van der Waals surface area contributed by atoms with Crippen LogP contribution < -0.4 is 0 Å². The Hall–Kier alpha value is -3.86. The molecule has 0 atom stereocenters. The molecule has 0 fully saturated rings. The summed E-state index contributed by atoms with van der Waals surface area (Å²) in [5.41, 5.74) is 7.16. The molecule has 0 unspecified atom stereocenters. The van der Waals surface area contributed by atoms with Crippen molar-refractivity contribution >= 4 is 23.2 Å². The number of hydrogen-bond donors (Lipinski definition) is 0. The minimum Gasteiger partial charge on any atom is -0.464 e. The van der Waals surface area contributed by atoms with Crippen molar-refractivity contribution in [2.75, 3.05) is 7.11 Å². The minimum absolute atomic E-state index is 0.0261. The van der Waals surface area contributed by atoms with Crippen LogP contribution in [-0.2, 0) is 9.53 Å². The molecule has 4 rings (SSSR count). The molecular weight excluding hydrogens is 388 g/mol. The number of fused-ring (bicyclic) bond motifs is 3.